The van der Waals surface area contributed by atoms with Crippen LogP contribution >= 0.6 is 0 Å². The first kappa shape index (κ1) is 19.9. The number of hydrogen-bond acceptors (Lipinski definition) is 6. The lowest BCUT2D eigenvalue weighted by molar-refractivity contribution is -0.150. The fraction of sp³-hybridized carbons (Fsp3) is 0.500. The smallest absolute Gasteiger partial charge is 0.328 e. The van der Waals surface area contributed by atoms with Gasteiger partial charge in [0.2, 0.25) is 11.8 Å². The van der Waals surface area contributed by atoms with Gasteiger partial charge in [-0.3, -0.25) is 9.59 Å². The van der Waals surface area contributed by atoms with Gasteiger partial charge in [0.1, 0.15) is 12.6 Å². The van der Waals surface area contributed by atoms with Gasteiger partial charge in [0, 0.05) is 19.8 Å². The standard InChI is InChI=1S/C18H24N2O6/c1-11(21)19-13-9-16(23)15(22)7-8-17(24)20-14(10-26-18(13)25)12-5-3-2-4-6-12/h2-6,13-16,22-23H,7-10H2,1H3,(H,19,21)(H,20,24)/t13-,14+,15+,16+/m1/s1. The van der Waals surface area contributed by atoms with Gasteiger partial charge in [-0.2, -0.15) is 0 Å². The number of esters is 1. The summed E-state index contributed by atoms with van der Waals surface area (Å²) in [5.74, 6) is -1.50. The third-order valence-electron chi connectivity index (χ3n) is 4.18. The zero-order chi connectivity index (χ0) is 19.1. The molecular weight excluding hydrogens is 340 g/mol. The molecule has 1 aliphatic heterocycles. The van der Waals surface area contributed by atoms with Crippen LogP contribution in [0, 0.1) is 0 Å². The van der Waals surface area contributed by atoms with Gasteiger partial charge in [-0.15, -0.1) is 0 Å². The van der Waals surface area contributed by atoms with E-state index in [2.05, 4.69) is 10.6 Å². The highest BCUT2D eigenvalue weighted by molar-refractivity contribution is 5.83. The highest BCUT2D eigenvalue weighted by atomic mass is 16.5. The van der Waals surface area contributed by atoms with Crippen LogP contribution in [0.3, 0.4) is 0 Å². The van der Waals surface area contributed by atoms with Crippen LogP contribution in [0.1, 0.15) is 37.8 Å². The number of hydrogen-bond donors (Lipinski definition) is 4. The molecule has 0 saturated carbocycles. The van der Waals surface area contributed by atoms with E-state index >= 15 is 0 Å². The minimum Gasteiger partial charge on any atom is -0.462 e. The van der Waals surface area contributed by atoms with E-state index < -0.39 is 36.2 Å². The van der Waals surface area contributed by atoms with Crippen molar-refractivity contribution in [3.63, 3.8) is 0 Å². The predicted molar refractivity (Wildman–Crippen MR) is 91.8 cm³/mol. The van der Waals surface area contributed by atoms with Crippen molar-refractivity contribution in [2.75, 3.05) is 6.61 Å². The maximum atomic E-state index is 12.3. The van der Waals surface area contributed by atoms with Crippen LogP contribution in [0.4, 0.5) is 0 Å². The third-order valence-corrected chi connectivity index (χ3v) is 4.18. The average Bonchev–Trinajstić information content (AvgIpc) is 2.61. The Hall–Kier alpha value is -2.45. The van der Waals surface area contributed by atoms with Crippen molar-refractivity contribution >= 4 is 17.8 Å². The van der Waals surface area contributed by atoms with Crippen LogP contribution in [0.25, 0.3) is 0 Å². The number of aliphatic hydroxyl groups is 2. The molecule has 4 atom stereocenters. The van der Waals surface area contributed by atoms with Crippen molar-refractivity contribution in [1.82, 2.24) is 10.6 Å². The number of carbonyl (C=O) groups is 3. The van der Waals surface area contributed by atoms with E-state index in [-0.39, 0.29) is 31.8 Å². The number of amides is 2. The van der Waals surface area contributed by atoms with Crippen LogP contribution in [-0.4, -0.2) is 52.9 Å². The molecule has 0 aliphatic carbocycles. The Morgan fingerprint density at radius 3 is 2.54 bits per heavy atom. The van der Waals surface area contributed by atoms with Gasteiger partial charge in [0.05, 0.1) is 18.2 Å². The second kappa shape index (κ2) is 9.30. The quantitative estimate of drug-likeness (QED) is 0.539. The molecule has 8 heteroatoms. The third kappa shape index (κ3) is 5.82. The summed E-state index contributed by atoms with van der Waals surface area (Å²) in [6, 6.07) is 7.41. The molecule has 142 valence electrons. The van der Waals surface area contributed by atoms with Gasteiger partial charge in [-0.05, 0) is 12.0 Å². The van der Waals surface area contributed by atoms with Crippen molar-refractivity contribution in [2.24, 2.45) is 0 Å². The number of rotatable bonds is 2. The number of nitrogens with one attached hydrogen (secondary N) is 2. The fourth-order valence-electron chi connectivity index (χ4n) is 2.77. The number of aliphatic hydroxyl groups excluding tert-OH is 2. The molecule has 8 nitrogen and oxygen atoms in total. The summed E-state index contributed by atoms with van der Waals surface area (Å²) in [7, 11) is 0. The molecule has 2 rings (SSSR count). The van der Waals surface area contributed by atoms with Gasteiger partial charge in [-0.1, -0.05) is 30.3 Å². The zero-order valence-electron chi connectivity index (χ0n) is 14.6. The molecule has 0 aromatic heterocycles. The van der Waals surface area contributed by atoms with Gasteiger partial charge >= 0.3 is 5.97 Å². The molecule has 1 aromatic carbocycles. The molecule has 0 unspecified atom stereocenters. The monoisotopic (exact) mass is 364 g/mol. The van der Waals surface area contributed by atoms with Crippen molar-refractivity contribution in [1.29, 1.82) is 0 Å². The Kier molecular flexibility index (Phi) is 7.11. The topological polar surface area (TPSA) is 125 Å². The molecule has 1 heterocycles. The van der Waals surface area contributed by atoms with E-state index in [0.717, 1.165) is 5.56 Å². The van der Waals surface area contributed by atoms with Gasteiger partial charge in [-0.25, -0.2) is 4.79 Å². The first-order chi connectivity index (χ1) is 12.4. The van der Waals surface area contributed by atoms with E-state index in [1.807, 2.05) is 6.07 Å². The van der Waals surface area contributed by atoms with Gasteiger partial charge < -0.3 is 25.6 Å². The van der Waals surface area contributed by atoms with Crippen molar-refractivity contribution < 1.29 is 29.3 Å². The van der Waals surface area contributed by atoms with Crippen LogP contribution in [0.2, 0.25) is 0 Å². The molecular formula is C18H24N2O6. The Morgan fingerprint density at radius 2 is 1.88 bits per heavy atom. The molecule has 0 radical (unpaired) electrons. The summed E-state index contributed by atoms with van der Waals surface area (Å²) in [4.78, 5) is 35.8. The molecule has 1 aliphatic rings. The Labute approximate surface area is 151 Å². The summed E-state index contributed by atoms with van der Waals surface area (Å²) in [5.41, 5.74) is 0.766. The van der Waals surface area contributed by atoms with Crippen LogP contribution in [-0.2, 0) is 19.1 Å². The highest BCUT2D eigenvalue weighted by Crippen LogP contribution is 2.17. The second-order valence-electron chi connectivity index (χ2n) is 6.32. The molecule has 1 aromatic rings. The first-order valence-corrected chi connectivity index (χ1v) is 8.51. The minimum absolute atomic E-state index is 0.0142. The Morgan fingerprint density at radius 1 is 1.19 bits per heavy atom. The number of carbonyl (C=O) groups excluding carboxylic acids is 3. The first-order valence-electron chi connectivity index (χ1n) is 8.51. The lowest BCUT2D eigenvalue weighted by atomic mass is 10.00. The van der Waals surface area contributed by atoms with E-state index in [4.69, 9.17) is 4.74 Å². The average molecular weight is 364 g/mol. The zero-order valence-corrected chi connectivity index (χ0v) is 14.6. The SMILES string of the molecule is CC(=O)N[C@@H]1C[C@H](O)[C@@H](O)CCC(=O)N[C@H](c2ccccc2)COC1=O. The van der Waals surface area contributed by atoms with Gasteiger partial charge in [0.15, 0.2) is 0 Å². The number of cyclic esters (lactones) is 1. The van der Waals surface area contributed by atoms with E-state index in [0.29, 0.717) is 0 Å². The lowest BCUT2D eigenvalue weighted by Gasteiger charge is -2.26. The summed E-state index contributed by atoms with van der Waals surface area (Å²) in [6.45, 7) is 1.14. The molecule has 0 spiro atoms. The predicted octanol–water partition coefficient (Wildman–Crippen LogP) is -0.202. The Balaban J connectivity index is 2.20. The maximum absolute atomic E-state index is 12.3. The highest BCUT2D eigenvalue weighted by Gasteiger charge is 2.30. The fourth-order valence-corrected chi connectivity index (χ4v) is 2.77. The summed E-state index contributed by atoms with van der Waals surface area (Å²) in [6.07, 6.45) is -2.61. The lowest BCUT2D eigenvalue weighted by Crippen LogP contribution is -2.46. The molecule has 0 bridgehead atoms. The largest absolute Gasteiger partial charge is 0.462 e. The summed E-state index contributed by atoms with van der Waals surface area (Å²) < 4.78 is 5.27. The second-order valence-corrected chi connectivity index (χ2v) is 6.32. The minimum atomic E-state index is -1.27. The van der Waals surface area contributed by atoms with Gasteiger partial charge in [0.25, 0.3) is 0 Å². The number of ether oxygens (including phenoxy) is 1. The van der Waals surface area contributed by atoms with E-state index in [9.17, 15) is 24.6 Å². The molecule has 4 N–H and O–H groups in total. The maximum Gasteiger partial charge on any atom is 0.328 e. The van der Waals surface area contributed by atoms with Crippen LogP contribution < -0.4 is 10.6 Å². The molecule has 2 amide bonds. The van der Waals surface area contributed by atoms with Crippen molar-refractivity contribution in [3.05, 3.63) is 35.9 Å². The molecule has 1 saturated heterocycles. The summed E-state index contributed by atoms with van der Waals surface area (Å²) in [5, 5.41) is 25.2. The van der Waals surface area contributed by atoms with Crippen molar-refractivity contribution in [2.45, 2.75) is 50.5 Å². The van der Waals surface area contributed by atoms with Crippen molar-refractivity contribution in [3.8, 4) is 0 Å². The Bertz CT molecular complexity index is 636. The number of benzene rings is 1. The normalized spacial score (nSPS) is 28.1. The summed E-state index contributed by atoms with van der Waals surface area (Å²) >= 11 is 0. The van der Waals surface area contributed by atoms with E-state index in [1.165, 1.54) is 6.92 Å². The van der Waals surface area contributed by atoms with Crippen LogP contribution in [0.15, 0.2) is 30.3 Å². The van der Waals surface area contributed by atoms with E-state index in [1.54, 1.807) is 24.3 Å². The molecule has 26 heavy (non-hydrogen) atoms. The molecule has 1 fully saturated rings. The van der Waals surface area contributed by atoms with Crippen LogP contribution in [0.5, 0.6) is 0 Å².